The Bertz CT molecular complexity index is 1040. The Labute approximate surface area is 196 Å². The lowest BCUT2D eigenvalue weighted by molar-refractivity contribution is -0.140. The zero-order chi connectivity index (χ0) is 24.6. The number of carbonyl (C=O) groups is 1. The summed E-state index contributed by atoms with van der Waals surface area (Å²) in [6.07, 6.45) is 2.60. The fourth-order valence-electron chi connectivity index (χ4n) is 3.53. The van der Waals surface area contributed by atoms with Gasteiger partial charge < -0.3 is 9.15 Å². The lowest BCUT2D eigenvalue weighted by atomic mass is 10.0. The van der Waals surface area contributed by atoms with Crippen LogP contribution in [0.4, 0.5) is 13.2 Å². The van der Waals surface area contributed by atoms with E-state index in [2.05, 4.69) is 6.58 Å². The van der Waals surface area contributed by atoms with Gasteiger partial charge in [0.1, 0.15) is 11.1 Å². The van der Waals surface area contributed by atoms with Gasteiger partial charge in [-0.05, 0) is 62.6 Å². The topological polar surface area (TPSA) is 56.5 Å². The molecule has 1 heterocycles. The molecule has 2 aromatic rings. The number of alkyl halides is 3. The molecule has 0 amide bonds. The first-order valence-corrected chi connectivity index (χ1v) is 12.1. The van der Waals surface area contributed by atoms with E-state index in [-0.39, 0.29) is 17.1 Å². The molecule has 0 aliphatic carbocycles. The lowest BCUT2D eigenvalue weighted by Crippen LogP contribution is -2.20. The molecule has 0 bridgehead atoms. The van der Waals surface area contributed by atoms with Gasteiger partial charge in [-0.2, -0.15) is 13.2 Å². The van der Waals surface area contributed by atoms with E-state index in [1.165, 1.54) is 6.92 Å². The number of ether oxygens (including phenoxy) is 1. The number of halogens is 3. The van der Waals surface area contributed by atoms with E-state index in [9.17, 15) is 22.8 Å². The number of thioether (sulfide) groups is 1. The molecule has 1 aromatic carbocycles. The summed E-state index contributed by atoms with van der Waals surface area (Å²) in [5.41, 5.74) is -1.20. The summed E-state index contributed by atoms with van der Waals surface area (Å²) >= 11 is 1.62. The van der Waals surface area contributed by atoms with Crippen molar-refractivity contribution in [2.75, 3.05) is 12.4 Å². The van der Waals surface area contributed by atoms with Crippen molar-refractivity contribution in [3.05, 3.63) is 51.4 Å². The highest BCUT2D eigenvalue weighted by Gasteiger charge is 2.37. The standard InChI is InChI=1S/C25H31F3O4S/c1-16(2)23(29)31-12-10-8-6-5-7-9-11-13-33-21-15-20-19(14-17(21)3)18(4)22(24(30)32-20)25(26,27)28/h14-15H,1,5-13H2,2-4H3. The summed E-state index contributed by atoms with van der Waals surface area (Å²) in [4.78, 5) is 24.1. The van der Waals surface area contributed by atoms with Gasteiger partial charge in [-0.25, -0.2) is 9.59 Å². The van der Waals surface area contributed by atoms with Crippen molar-refractivity contribution in [1.82, 2.24) is 0 Å². The molecule has 0 fully saturated rings. The predicted molar refractivity (Wildman–Crippen MR) is 126 cm³/mol. The average molecular weight is 485 g/mol. The number of esters is 1. The monoisotopic (exact) mass is 484 g/mol. The van der Waals surface area contributed by atoms with E-state index < -0.39 is 17.4 Å². The van der Waals surface area contributed by atoms with E-state index in [4.69, 9.17) is 9.15 Å². The molecule has 0 saturated carbocycles. The maximum Gasteiger partial charge on any atom is 0.423 e. The molecule has 0 N–H and O–H groups in total. The van der Waals surface area contributed by atoms with Crippen LogP contribution in [0.3, 0.4) is 0 Å². The van der Waals surface area contributed by atoms with E-state index in [0.29, 0.717) is 17.6 Å². The van der Waals surface area contributed by atoms with Crippen molar-refractivity contribution in [2.24, 2.45) is 0 Å². The fourth-order valence-corrected chi connectivity index (χ4v) is 4.57. The van der Waals surface area contributed by atoms with Gasteiger partial charge >= 0.3 is 17.8 Å². The van der Waals surface area contributed by atoms with E-state index >= 15 is 0 Å². The molecule has 0 atom stereocenters. The van der Waals surface area contributed by atoms with Crippen molar-refractivity contribution < 1.29 is 27.1 Å². The Hall–Kier alpha value is -2.22. The molecule has 182 valence electrons. The van der Waals surface area contributed by atoms with Crippen LogP contribution >= 0.6 is 11.8 Å². The zero-order valence-corrected chi connectivity index (χ0v) is 20.2. The van der Waals surface area contributed by atoms with Crippen LogP contribution in [-0.4, -0.2) is 18.3 Å². The second-order valence-corrected chi connectivity index (χ2v) is 9.38. The number of aryl methyl sites for hydroxylation is 2. The number of rotatable bonds is 12. The van der Waals surface area contributed by atoms with Crippen molar-refractivity contribution in [3.8, 4) is 0 Å². The van der Waals surface area contributed by atoms with Crippen molar-refractivity contribution >= 4 is 28.7 Å². The first-order chi connectivity index (χ1) is 15.5. The Morgan fingerprint density at radius 1 is 1.06 bits per heavy atom. The smallest absolute Gasteiger partial charge is 0.423 e. The van der Waals surface area contributed by atoms with Crippen LogP contribution in [0.15, 0.2) is 38.4 Å². The molecule has 4 nitrogen and oxygen atoms in total. The van der Waals surface area contributed by atoms with Crippen LogP contribution in [0.5, 0.6) is 0 Å². The number of hydrogen-bond acceptors (Lipinski definition) is 5. The van der Waals surface area contributed by atoms with Gasteiger partial charge in [-0.1, -0.05) is 38.7 Å². The van der Waals surface area contributed by atoms with E-state index in [0.717, 1.165) is 61.2 Å². The Balaban J connectivity index is 1.75. The van der Waals surface area contributed by atoms with Crippen LogP contribution in [0.25, 0.3) is 11.0 Å². The maximum absolute atomic E-state index is 13.2. The minimum atomic E-state index is -4.74. The van der Waals surface area contributed by atoms with Crippen LogP contribution in [0.2, 0.25) is 0 Å². The highest BCUT2D eigenvalue weighted by molar-refractivity contribution is 7.99. The highest BCUT2D eigenvalue weighted by atomic mass is 32.2. The summed E-state index contributed by atoms with van der Waals surface area (Å²) < 4.78 is 49.5. The molecule has 0 aliphatic heterocycles. The third-order valence-corrected chi connectivity index (χ3v) is 6.62. The van der Waals surface area contributed by atoms with E-state index in [1.54, 1.807) is 30.8 Å². The minimum Gasteiger partial charge on any atom is -0.462 e. The number of carbonyl (C=O) groups excluding carboxylic acids is 1. The molecular weight excluding hydrogens is 453 g/mol. The highest BCUT2D eigenvalue weighted by Crippen LogP contribution is 2.35. The molecule has 1 aromatic heterocycles. The minimum absolute atomic E-state index is 0.0950. The third-order valence-electron chi connectivity index (χ3n) is 5.37. The quantitative estimate of drug-likeness (QED) is 0.103. The summed E-state index contributed by atoms with van der Waals surface area (Å²) in [7, 11) is 0. The fraction of sp³-hybridized carbons (Fsp3) is 0.520. The molecule has 33 heavy (non-hydrogen) atoms. The summed E-state index contributed by atoms with van der Waals surface area (Å²) in [6, 6.07) is 3.34. The van der Waals surface area contributed by atoms with Crippen molar-refractivity contribution in [3.63, 3.8) is 0 Å². The first-order valence-electron chi connectivity index (χ1n) is 11.1. The average Bonchev–Trinajstić information content (AvgIpc) is 2.71. The summed E-state index contributed by atoms with van der Waals surface area (Å²) in [5, 5.41) is 0.318. The number of unbranched alkanes of at least 4 members (excludes halogenated alkanes) is 6. The first kappa shape index (κ1) is 27.0. The third kappa shape index (κ3) is 7.95. The Kier molecular flexibility index (Phi) is 10.1. The molecule has 0 spiro atoms. The van der Waals surface area contributed by atoms with Crippen molar-refractivity contribution in [2.45, 2.75) is 76.8 Å². The van der Waals surface area contributed by atoms with Crippen LogP contribution in [-0.2, 0) is 15.7 Å². The molecule has 0 radical (unpaired) electrons. The SMILES string of the molecule is C=C(C)C(=O)OCCCCCCCCCSc1cc2oc(=O)c(C(F)(F)F)c(C)c2cc1C. The normalized spacial score (nSPS) is 11.7. The number of hydrogen-bond donors (Lipinski definition) is 0. The summed E-state index contributed by atoms with van der Waals surface area (Å²) in [6.45, 7) is 8.77. The van der Waals surface area contributed by atoms with Gasteiger partial charge in [0, 0.05) is 15.9 Å². The molecule has 0 saturated heterocycles. The largest absolute Gasteiger partial charge is 0.462 e. The lowest BCUT2D eigenvalue weighted by Gasteiger charge is -2.13. The molecule has 0 aliphatic rings. The summed E-state index contributed by atoms with van der Waals surface area (Å²) in [5.74, 6) is 0.546. The number of benzene rings is 1. The molecule has 2 rings (SSSR count). The predicted octanol–water partition coefficient (Wildman–Crippen LogP) is 7.37. The number of fused-ring (bicyclic) bond motifs is 1. The zero-order valence-electron chi connectivity index (χ0n) is 19.4. The Morgan fingerprint density at radius 3 is 2.27 bits per heavy atom. The second kappa shape index (κ2) is 12.3. The molecular formula is C25H31F3O4S. The van der Waals surface area contributed by atoms with Crippen LogP contribution in [0.1, 0.15) is 68.6 Å². The van der Waals surface area contributed by atoms with Gasteiger partial charge in [0.15, 0.2) is 0 Å². The van der Waals surface area contributed by atoms with Gasteiger partial charge in [0.25, 0.3) is 0 Å². The van der Waals surface area contributed by atoms with Crippen LogP contribution in [0, 0.1) is 13.8 Å². The molecule has 8 heteroatoms. The van der Waals surface area contributed by atoms with Crippen molar-refractivity contribution in [1.29, 1.82) is 0 Å². The Morgan fingerprint density at radius 2 is 1.67 bits per heavy atom. The van der Waals surface area contributed by atoms with Crippen LogP contribution < -0.4 is 5.63 Å². The maximum atomic E-state index is 13.2. The van der Waals surface area contributed by atoms with Gasteiger partial charge in [0.05, 0.1) is 6.61 Å². The van der Waals surface area contributed by atoms with Gasteiger partial charge in [0.2, 0.25) is 0 Å². The second-order valence-electron chi connectivity index (χ2n) is 8.24. The molecule has 0 unspecified atom stereocenters. The van der Waals surface area contributed by atoms with E-state index in [1.807, 2.05) is 6.92 Å². The van der Waals surface area contributed by atoms with Gasteiger partial charge in [-0.15, -0.1) is 11.8 Å². The van der Waals surface area contributed by atoms with Gasteiger partial charge in [-0.3, -0.25) is 0 Å².